The average molecular weight is 473 g/mol. The molecule has 1 heterocycles. The van der Waals surface area contributed by atoms with Gasteiger partial charge in [-0.1, -0.05) is 0 Å². The van der Waals surface area contributed by atoms with E-state index in [1.807, 2.05) is 20.8 Å². The van der Waals surface area contributed by atoms with Gasteiger partial charge in [0.25, 0.3) is 17.7 Å². The van der Waals surface area contributed by atoms with Gasteiger partial charge >= 0.3 is 0 Å². The molecule has 1 fully saturated rings. The van der Waals surface area contributed by atoms with Crippen molar-refractivity contribution < 1.29 is 22.8 Å². The summed E-state index contributed by atoms with van der Waals surface area (Å²) in [7, 11) is -3.56. The van der Waals surface area contributed by atoms with E-state index in [9.17, 15) is 22.8 Å². The van der Waals surface area contributed by atoms with Crippen LogP contribution in [0.5, 0.6) is 0 Å². The standard InChI is InChI=1S/C23H28N4O5S/c1-23(2,3)24-20(28)16-6-8-17(9-7-16)21(29)25-26-22(30)18-10-12-19(13-11-18)33(31,32)27-14-4-5-15-27/h6-13H,4-5,14-15H2,1-3H3,(H,24,28)(H,25,29)(H,26,30). The van der Waals surface area contributed by atoms with Crippen LogP contribution < -0.4 is 16.2 Å². The van der Waals surface area contributed by atoms with E-state index in [0.29, 0.717) is 18.7 Å². The lowest BCUT2D eigenvalue weighted by molar-refractivity contribution is 0.0846. The van der Waals surface area contributed by atoms with Gasteiger partial charge in [0, 0.05) is 35.3 Å². The molecule has 0 saturated carbocycles. The van der Waals surface area contributed by atoms with E-state index in [1.165, 1.54) is 52.8 Å². The molecule has 3 amide bonds. The molecular weight excluding hydrogens is 444 g/mol. The van der Waals surface area contributed by atoms with Gasteiger partial charge in [-0.15, -0.1) is 0 Å². The van der Waals surface area contributed by atoms with E-state index in [0.717, 1.165) is 12.8 Å². The zero-order chi connectivity index (χ0) is 24.2. The van der Waals surface area contributed by atoms with Gasteiger partial charge in [-0.25, -0.2) is 8.42 Å². The maximum atomic E-state index is 12.6. The second kappa shape index (κ2) is 9.72. The molecule has 1 saturated heterocycles. The van der Waals surface area contributed by atoms with Crippen LogP contribution in [0.3, 0.4) is 0 Å². The molecular formula is C23H28N4O5S. The Labute approximate surface area is 193 Å². The van der Waals surface area contributed by atoms with Crippen LogP contribution in [-0.2, 0) is 10.0 Å². The van der Waals surface area contributed by atoms with Crippen LogP contribution in [0.1, 0.15) is 64.7 Å². The minimum atomic E-state index is -3.56. The molecule has 0 aliphatic carbocycles. The van der Waals surface area contributed by atoms with Crippen LogP contribution in [0.15, 0.2) is 53.4 Å². The highest BCUT2D eigenvalue weighted by molar-refractivity contribution is 7.89. The molecule has 0 unspecified atom stereocenters. The Balaban J connectivity index is 1.57. The third-order valence-electron chi connectivity index (χ3n) is 5.01. The molecule has 3 rings (SSSR count). The zero-order valence-corrected chi connectivity index (χ0v) is 19.7. The summed E-state index contributed by atoms with van der Waals surface area (Å²) in [6.45, 7) is 6.61. The number of hydrazine groups is 1. The molecule has 1 aliphatic heterocycles. The first-order valence-electron chi connectivity index (χ1n) is 10.6. The Kier molecular flexibility index (Phi) is 7.19. The summed E-state index contributed by atoms with van der Waals surface area (Å²) in [6.07, 6.45) is 1.68. The molecule has 0 radical (unpaired) electrons. The van der Waals surface area contributed by atoms with Crippen LogP contribution >= 0.6 is 0 Å². The molecule has 10 heteroatoms. The second-order valence-electron chi connectivity index (χ2n) is 8.83. The summed E-state index contributed by atoms with van der Waals surface area (Å²) < 4.78 is 26.6. The van der Waals surface area contributed by atoms with Gasteiger partial charge in [-0.05, 0) is 82.1 Å². The first kappa shape index (κ1) is 24.4. The number of carbonyl (C=O) groups is 3. The van der Waals surface area contributed by atoms with Crippen molar-refractivity contribution in [2.24, 2.45) is 0 Å². The minimum Gasteiger partial charge on any atom is -0.347 e. The summed E-state index contributed by atoms with van der Waals surface area (Å²) in [6, 6.07) is 11.6. The lowest BCUT2D eigenvalue weighted by Crippen LogP contribution is -2.42. The van der Waals surface area contributed by atoms with E-state index in [1.54, 1.807) is 0 Å². The van der Waals surface area contributed by atoms with Crippen molar-refractivity contribution in [3.63, 3.8) is 0 Å². The predicted molar refractivity (Wildman–Crippen MR) is 123 cm³/mol. The molecule has 0 spiro atoms. The largest absolute Gasteiger partial charge is 0.347 e. The van der Waals surface area contributed by atoms with Gasteiger partial charge in [0.05, 0.1) is 4.90 Å². The van der Waals surface area contributed by atoms with Gasteiger partial charge in [-0.3, -0.25) is 25.2 Å². The highest BCUT2D eigenvalue weighted by Crippen LogP contribution is 2.21. The summed E-state index contributed by atoms with van der Waals surface area (Å²) in [5.41, 5.74) is 5.10. The number of benzene rings is 2. The Morgan fingerprint density at radius 2 is 1.12 bits per heavy atom. The molecule has 0 atom stereocenters. The van der Waals surface area contributed by atoms with Crippen LogP contribution in [0.4, 0.5) is 0 Å². The van der Waals surface area contributed by atoms with Crippen molar-refractivity contribution in [3.05, 3.63) is 65.2 Å². The van der Waals surface area contributed by atoms with E-state index in [4.69, 9.17) is 0 Å². The molecule has 2 aromatic rings. The quantitative estimate of drug-likeness (QED) is 0.575. The maximum Gasteiger partial charge on any atom is 0.269 e. The fraction of sp³-hybridized carbons (Fsp3) is 0.348. The second-order valence-corrected chi connectivity index (χ2v) is 10.8. The van der Waals surface area contributed by atoms with Gasteiger partial charge in [-0.2, -0.15) is 4.31 Å². The Bertz CT molecular complexity index is 1130. The molecule has 33 heavy (non-hydrogen) atoms. The number of amides is 3. The Morgan fingerprint density at radius 3 is 1.55 bits per heavy atom. The van der Waals surface area contributed by atoms with Gasteiger partial charge in [0.2, 0.25) is 10.0 Å². The first-order chi connectivity index (χ1) is 15.5. The summed E-state index contributed by atoms with van der Waals surface area (Å²) in [4.78, 5) is 36.9. The lowest BCUT2D eigenvalue weighted by atomic mass is 10.1. The highest BCUT2D eigenvalue weighted by Gasteiger charge is 2.27. The highest BCUT2D eigenvalue weighted by atomic mass is 32.2. The normalized spacial score (nSPS) is 14.5. The van der Waals surface area contributed by atoms with E-state index in [-0.39, 0.29) is 27.5 Å². The molecule has 0 aromatic heterocycles. The van der Waals surface area contributed by atoms with E-state index >= 15 is 0 Å². The molecule has 176 valence electrons. The van der Waals surface area contributed by atoms with Gasteiger partial charge < -0.3 is 5.32 Å². The number of carbonyl (C=O) groups excluding carboxylic acids is 3. The van der Waals surface area contributed by atoms with Crippen molar-refractivity contribution in [3.8, 4) is 0 Å². The van der Waals surface area contributed by atoms with Crippen LogP contribution in [0.2, 0.25) is 0 Å². The van der Waals surface area contributed by atoms with Crippen molar-refractivity contribution in [2.45, 2.75) is 44.0 Å². The van der Waals surface area contributed by atoms with E-state index in [2.05, 4.69) is 16.2 Å². The topological polar surface area (TPSA) is 125 Å². The average Bonchev–Trinajstić information content (AvgIpc) is 3.32. The third kappa shape index (κ3) is 6.17. The van der Waals surface area contributed by atoms with Crippen LogP contribution in [-0.4, -0.2) is 49.1 Å². The van der Waals surface area contributed by atoms with Gasteiger partial charge in [0.15, 0.2) is 0 Å². The van der Waals surface area contributed by atoms with Crippen molar-refractivity contribution in [2.75, 3.05) is 13.1 Å². The minimum absolute atomic E-state index is 0.126. The van der Waals surface area contributed by atoms with Gasteiger partial charge in [0.1, 0.15) is 0 Å². The number of hydrogen-bond donors (Lipinski definition) is 3. The third-order valence-corrected chi connectivity index (χ3v) is 6.92. The first-order valence-corrected chi connectivity index (χ1v) is 12.0. The number of rotatable bonds is 5. The van der Waals surface area contributed by atoms with Crippen LogP contribution in [0, 0.1) is 0 Å². The lowest BCUT2D eigenvalue weighted by Gasteiger charge is -2.20. The van der Waals surface area contributed by atoms with Crippen molar-refractivity contribution in [1.82, 2.24) is 20.5 Å². The molecule has 1 aliphatic rings. The molecule has 0 bridgehead atoms. The SMILES string of the molecule is CC(C)(C)NC(=O)c1ccc(C(=O)NNC(=O)c2ccc(S(=O)(=O)N3CCCC3)cc2)cc1. The summed E-state index contributed by atoms with van der Waals surface area (Å²) in [5, 5.41) is 2.83. The number of nitrogens with one attached hydrogen (secondary N) is 3. The predicted octanol–water partition coefficient (Wildman–Crippen LogP) is 2.07. The molecule has 2 aromatic carbocycles. The van der Waals surface area contributed by atoms with Crippen LogP contribution in [0.25, 0.3) is 0 Å². The van der Waals surface area contributed by atoms with E-state index < -0.39 is 21.8 Å². The Morgan fingerprint density at radius 1 is 0.727 bits per heavy atom. The Hall–Kier alpha value is -3.24. The van der Waals surface area contributed by atoms with Crippen molar-refractivity contribution >= 4 is 27.7 Å². The zero-order valence-electron chi connectivity index (χ0n) is 18.8. The number of sulfonamides is 1. The summed E-state index contributed by atoms with van der Waals surface area (Å²) >= 11 is 0. The fourth-order valence-electron chi connectivity index (χ4n) is 3.30. The molecule has 3 N–H and O–H groups in total. The summed E-state index contributed by atoms with van der Waals surface area (Å²) in [5.74, 6) is -1.40. The van der Waals surface area contributed by atoms with Crippen molar-refractivity contribution in [1.29, 1.82) is 0 Å². The number of nitrogens with zero attached hydrogens (tertiary/aromatic N) is 1. The smallest absolute Gasteiger partial charge is 0.269 e. The fourth-order valence-corrected chi connectivity index (χ4v) is 4.82. The maximum absolute atomic E-state index is 12.6. The number of hydrogen-bond acceptors (Lipinski definition) is 5. The molecule has 9 nitrogen and oxygen atoms in total. The monoisotopic (exact) mass is 472 g/mol.